The third-order valence-electron chi connectivity index (χ3n) is 8.01. The maximum atomic E-state index is 13.4. The van der Waals surface area contributed by atoms with Crippen LogP contribution in [0.1, 0.15) is 51.6 Å². The molecule has 2 aliphatic heterocycles. The van der Waals surface area contributed by atoms with Gasteiger partial charge < -0.3 is 0 Å². The van der Waals surface area contributed by atoms with E-state index in [4.69, 9.17) is 0 Å². The van der Waals surface area contributed by atoms with Crippen LogP contribution in [0, 0.1) is 10.8 Å². The molecule has 3 aliphatic carbocycles. The van der Waals surface area contributed by atoms with Gasteiger partial charge in [-0.05, 0) is 37.8 Å². The lowest BCUT2D eigenvalue weighted by Gasteiger charge is -2.69. The molecule has 2 bridgehead atoms. The molecule has 1 aromatic carbocycles. The number of nitrogens with zero attached hydrogens (tertiary/aromatic N) is 3. The summed E-state index contributed by atoms with van der Waals surface area (Å²) in [5, 5.41) is 0. The average Bonchev–Trinajstić information content (AvgIpc) is 2.97. The van der Waals surface area contributed by atoms with Crippen LogP contribution in [-0.4, -0.2) is 13.9 Å². The third-order valence-corrected chi connectivity index (χ3v) is 8.01. The van der Waals surface area contributed by atoms with E-state index in [1.807, 2.05) is 30.3 Å². The van der Waals surface area contributed by atoms with Crippen LogP contribution >= 0.6 is 0 Å². The van der Waals surface area contributed by atoms with Crippen molar-refractivity contribution in [2.45, 2.75) is 51.6 Å². The lowest BCUT2D eigenvalue weighted by atomic mass is 9.38. The first-order valence-corrected chi connectivity index (χ1v) is 9.94. The number of benzene rings is 1. The molecule has 0 N–H and O–H groups in total. The van der Waals surface area contributed by atoms with Gasteiger partial charge in [-0.3, -0.25) is 0 Å². The third kappa shape index (κ3) is 1.44. The lowest BCUT2D eigenvalue weighted by molar-refractivity contribution is -0.0584. The summed E-state index contributed by atoms with van der Waals surface area (Å²) >= 11 is 0. The summed E-state index contributed by atoms with van der Waals surface area (Å²) < 4.78 is 4.81. The van der Waals surface area contributed by atoms with E-state index in [9.17, 15) is 9.59 Å². The number of aromatic nitrogens is 3. The van der Waals surface area contributed by atoms with Gasteiger partial charge in [-0.15, -0.1) is 0 Å². The zero-order valence-corrected chi connectivity index (χ0v) is 15.7. The molecular formula is C22H23N3O2. The largest absolute Gasteiger partial charge is 0.352 e. The summed E-state index contributed by atoms with van der Waals surface area (Å²) in [6, 6.07) is 9.10. The van der Waals surface area contributed by atoms with Crippen LogP contribution in [0.25, 0.3) is 5.69 Å². The molecule has 0 saturated heterocycles. The van der Waals surface area contributed by atoms with E-state index in [1.165, 1.54) is 17.4 Å². The van der Waals surface area contributed by atoms with Gasteiger partial charge in [0.1, 0.15) is 0 Å². The van der Waals surface area contributed by atoms with Crippen LogP contribution in [-0.2, 0) is 0 Å². The fraction of sp³-hybridized carbons (Fsp3) is 0.455. The molecule has 7 rings (SSSR count). The minimum absolute atomic E-state index is 0.0681. The molecule has 0 saturated carbocycles. The molecule has 0 unspecified atom stereocenters. The minimum atomic E-state index is -0.223. The highest BCUT2D eigenvalue weighted by atomic mass is 16.2. The molecule has 5 nitrogen and oxygen atoms in total. The average molecular weight is 361 g/mol. The van der Waals surface area contributed by atoms with Crippen molar-refractivity contribution >= 4 is 0 Å². The van der Waals surface area contributed by atoms with E-state index in [2.05, 4.69) is 26.0 Å². The molecule has 0 radical (unpaired) electrons. The first-order chi connectivity index (χ1) is 13.0. The summed E-state index contributed by atoms with van der Waals surface area (Å²) in [6.07, 6.45) is 9.08. The van der Waals surface area contributed by atoms with Gasteiger partial charge in [0.2, 0.25) is 0 Å². The Kier molecular flexibility index (Phi) is 2.66. The smallest absolute Gasteiger partial charge is 0.245 e. The highest BCUT2D eigenvalue weighted by molar-refractivity contribution is 5.51. The Morgan fingerprint density at radius 2 is 1.30 bits per heavy atom. The zero-order valence-electron chi connectivity index (χ0n) is 15.7. The molecule has 1 aromatic heterocycles. The van der Waals surface area contributed by atoms with Gasteiger partial charge in [0.05, 0.1) is 17.8 Å². The Labute approximate surface area is 157 Å². The van der Waals surface area contributed by atoms with Crippen molar-refractivity contribution < 1.29 is 0 Å². The van der Waals surface area contributed by atoms with Gasteiger partial charge in [-0.25, -0.2) is 23.5 Å². The van der Waals surface area contributed by atoms with E-state index in [1.54, 1.807) is 20.5 Å². The van der Waals surface area contributed by atoms with Gasteiger partial charge in [0.15, 0.2) is 0 Å². The molecule has 138 valence electrons. The fourth-order valence-electron chi connectivity index (χ4n) is 6.61. The molecule has 3 heterocycles. The van der Waals surface area contributed by atoms with Crippen molar-refractivity contribution in [3.05, 3.63) is 74.6 Å². The van der Waals surface area contributed by atoms with Crippen molar-refractivity contribution in [3.63, 3.8) is 0 Å². The maximum absolute atomic E-state index is 13.4. The van der Waals surface area contributed by atoms with Crippen LogP contribution < -0.4 is 11.4 Å². The summed E-state index contributed by atoms with van der Waals surface area (Å²) in [5.41, 5.74) is 3.16. The molecule has 5 heteroatoms. The first kappa shape index (κ1) is 15.5. The van der Waals surface area contributed by atoms with Crippen LogP contribution in [0.4, 0.5) is 0 Å². The molecule has 2 aromatic rings. The molecule has 0 amide bonds. The molecule has 0 spiro atoms. The number of hydrogen-bond acceptors (Lipinski definition) is 2. The van der Waals surface area contributed by atoms with Gasteiger partial charge >= 0.3 is 11.4 Å². The van der Waals surface area contributed by atoms with Crippen LogP contribution in [0.2, 0.25) is 0 Å². The van der Waals surface area contributed by atoms with Crippen molar-refractivity contribution in [1.82, 2.24) is 13.9 Å². The lowest BCUT2D eigenvalue weighted by Crippen LogP contribution is -2.66. The molecule has 4 atom stereocenters. The topological polar surface area (TPSA) is 48.9 Å². The minimum Gasteiger partial charge on any atom is -0.245 e. The second-order valence-electron chi connectivity index (χ2n) is 8.77. The van der Waals surface area contributed by atoms with Crippen molar-refractivity contribution in [2.75, 3.05) is 0 Å². The van der Waals surface area contributed by atoms with E-state index < -0.39 is 0 Å². The normalized spacial score (nSPS) is 35.5. The molecule has 0 fully saturated rings. The van der Waals surface area contributed by atoms with Crippen LogP contribution in [0.5, 0.6) is 0 Å². The predicted molar refractivity (Wildman–Crippen MR) is 103 cm³/mol. The Hall–Kier alpha value is -2.56. The van der Waals surface area contributed by atoms with Gasteiger partial charge in [-0.2, -0.15) is 0 Å². The summed E-state index contributed by atoms with van der Waals surface area (Å²) in [6.45, 7) is 4.64. The maximum Gasteiger partial charge on any atom is 0.352 e. The van der Waals surface area contributed by atoms with Crippen molar-refractivity contribution in [2.24, 2.45) is 10.8 Å². The summed E-state index contributed by atoms with van der Waals surface area (Å²) in [5.74, 6) is 0. The number of para-hydroxylation sites is 1. The Balaban J connectivity index is 1.65. The molecule has 5 aliphatic rings. The molecule has 27 heavy (non-hydrogen) atoms. The van der Waals surface area contributed by atoms with Crippen molar-refractivity contribution in [3.8, 4) is 5.69 Å². The highest BCUT2D eigenvalue weighted by Gasteiger charge is 2.70. The van der Waals surface area contributed by atoms with Gasteiger partial charge in [-0.1, -0.05) is 55.3 Å². The summed E-state index contributed by atoms with van der Waals surface area (Å²) in [7, 11) is 0. The summed E-state index contributed by atoms with van der Waals surface area (Å²) in [4.78, 5) is 26.7. The first-order valence-electron chi connectivity index (χ1n) is 9.94. The zero-order chi connectivity index (χ0) is 18.6. The van der Waals surface area contributed by atoms with Crippen molar-refractivity contribution in [1.29, 1.82) is 0 Å². The van der Waals surface area contributed by atoms with Gasteiger partial charge in [0, 0.05) is 10.8 Å². The fourth-order valence-corrected chi connectivity index (χ4v) is 6.61. The Bertz CT molecular complexity index is 1090. The van der Waals surface area contributed by atoms with E-state index >= 15 is 0 Å². The number of allylic oxidation sites excluding steroid dienone is 4. The SMILES string of the molecule is C[C@@]12C3=C(CCCC3)[C@@]1(C)[C@@H]1C=C[C@@H]2n2c(=O)n(-c3ccccc3)c(=O)n21. The van der Waals surface area contributed by atoms with Crippen LogP contribution in [0.3, 0.4) is 0 Å². The quantitative estimate of drug-likeness (QED) is 0.731. The van der Waals surface area contributed by atoms with E-state index in [0.29, 0.717) is 5.69 Å². The van der Waals surface area contributed by atoms with Gasteiger partial charge in [0.25, 0.3) is 0 Å². The predicted octanol–water partition coefficient (Wildman–Crippen LogP) is 3.36. The second kappa shape index (κ2) is 4.64. The second-order valence-corrected chi connectivity index (χ2v) is 8.77. The molecular weight excluding hydrogens is 338 g/mol. The number of hydrogen-bond donors (Lipinski definition) is 0. The highest BCUT2D eigenvalue weighted by Crippen LogP contribution is 2.75. The van der Waals surface area contributed by atoms with E-state index in [0.717, 1.165) is 12.8 Å². The standard InChI is InChI=1S/C22H23N3O2/c1-21-15-10-6-7-11-16(15)22(21,2)18-13-12-17(21)24-19(26)23(20(27)25(18)24)14-8-4-3-5-9-14/h3-5,8-9,12-13,17-18H,6-7,10-11H2,1-2H3/t17-,18-,21-,22-/m0/s1. The van der Waals surface area contributed by atoms with Crippen LogP contribution in [0.15, 0.2) is 63.2 Å². The van der Waals surface area contributed by atoms with E-state index in [-0.39, 0.29) is 34.3 Å². The number of rotatable bonds is 1. The Morgan fingerprint density at radius 3 is 1.78 bits per heavy atom. The monoisotopic (exact) mass is 361 g/mol. The Morgan fingerprint density at radius 1 is 0.815 bits per heavy atom.